The zero-order valence-corrected chi connectivity index (χ0v) is 21.2. The molecule has 2 saturated heterocycles. The van der Waals surface area contributed by atoms with Crippen molar-refractivity contribution < 1.29 is 23.1 Å². The lowest BCUT2D eigenvalue weighted by Gasteiger charge is -2.48. The zero-order chi connectivity index (χ0) is 24.8. The van der Waals surface area contributed by atoms with Gasteiger partial charge in [0.1, 0.15) is 12.4 Å². The van der Waals surface area contributed by atoms with Gasteiger partial charge in [-0.1, -0.05) is 6.07 Å². The van der Waals surface area contributed by atoms with Gasteiger partial charge in [0.15, 0.2) is 9.84 Å². The molecule has 3 aliphatic rings. The van der Waals surface area contributed by atoms with Gasteiger partial charge in [-0.15, -0.1) is 0 Å². The van der Waals surface area contributed by atoms with Crippen LogP contribution in [-0.4, -0.2) is 68.4 Å². The molecule has 0 bridgehead atoms. The Labute approximate surface area is 206 Å². The topological polar surface area (TPSA) is 100 Å². The van der Waals surface area contributed by atoms with Gasteiger partial charge in [0.05, 0.1) is 16.6 Å². The second-order valence-corrected chi connectivity index (χ2v) is 12.4. The number of rotatable bonds is 5. The number of carbonyl (C=O) groups excluding carboxylic acids is 1. The molecule has 1 spiro atoms. The Balaban J connectivity index is 1.20. The highest BCUT2D eigenvalue weighted by atomic mass is 32.2. The number of aromatic nitrogens is 1. The predicted molar refractivity (Wildman–Crippen MR) is 132 cm³/mol. The Hall–Kier alpha value is -2.49. The van der Waals surface area contributed by atoms with Crippen LogP contribution in [0.4, 0.5) is 5.82 Å². The van der Waals surface area contributed by atoms with Crippen LogP contribution in [-0.2, 0) is 21.2 Å². The van der Waals surface area contributed by atoms with Gasteiger partial charge >= 0.3 is 5.97 Å². The van der Waals surface area contributed by atoms with Crippen molar-refractivity contribution in [2.75, 3.05) is 43.9 Å². The molecular formula is C26H33N3O5S. The molecule has 188 valence electrons. The number of nitrogens with zero attached hydrogens (tertiary/aromatic N) is 3. The first-order valence-electron chi connectivity index (χ1n) is 12.3. The summed E-state index contributed by atoms with van der Waals surface area (Å²) in [5, 5.41) is 11.0. The minimum Gasteiger partial charge on any atom is -0.457 e. The molecule has 0 amide bonds. The number of aliphatic hydroxyl groups is 1. The highest BCUT2D eigenvalue weighted by Gasteiger charge is 2.39. The van der Waals surface area contributed by atoms with Crippen molar-refractivity contribution in [3.63, 3.8) is 0 Å². The van der Waals surface area contributed by atoms with Gasteiger partial charge in [-0.2, -0.15) is 0 Å². The van der Waals surface area contributed by atoms with E-state index >= 15 is 0 Å². The van der Waals surface area contributed by atoms with E-state index in [2.05, 4.69) is 14.8 Å². The fraction of sp³-hybridized carbons (Fsp3) is 0.538. The third-order valence-corrected chi connectivity index (χ3v) is 9.15. The van der Waals surface area contributed by atoms with Gasteiger partial charge in [0.2, 0.25) is 0 Å². The first-order chi connectivity index (χ1) is 16.7. The number of benzene rings is 1. The van der Waals surface area contributed by atoms with Crippen molar-refractivity contribution in [2.24, 2.45) is 5.41 Å². The molecule has 0 aliphatic carbocycles. The van der Waals surface area contributed by atoms with E-state index < -0.39 is 15.9 Å². The average Bonchev–Trinajstić information content (AvgIpc) is 3.22. The molecule has 3 aliphatic heterocycles. The molecule has 9 heteroatoms. The number of fused-ring (bicyclic) bond motifs is 1. The lowest BCUT2D eigenvalue weighted by molar-refractivity contribution is 0.0494. The molecular weight excluding hydrogens is 466 g/mol. The lowest BCUT2D eigenvalue weighted by atomic mass is 9.72. The normalized spacial score (nSPS) is 21.1. The average molecular weight is 500 g/mol. The van der Waals surface area contributed by atoms with Crippen molar-refractivity contribution in [1.82, 2.24) is 9.88 Å². The van der Waals surface area contributed by atoms with Crippen LogP contribution < -0.4 is 4.90 Å². The first-order valence-corrected chi connectivity index (χ1v) is 14.2. The molecule has 2 aromatic rings. The van der Waals surface area contributed by atoms with Crippen molar-refractivity contribution in [3.8, 4) is 0 Å². The Bertz CT molecular complexity index is 1220. The van der Waals surface area contributed by atoms with E-state index in [4.69, 9.17) is 4.74 Å². The number of hydrogen-bond acceptors (Lipinski definition) is 8. The van der Waals surface area contributed by atoms with E-state index in [0.717, 1.165) is 67.9 Å². The Morgan fingerprint density at radius 1 is 1.14 bits per heavy atom. The number of cyclic esters (lactones) is 1. The zero-order valence-electron chi connectivity index (χ0n) is 20.4. The molecule has 1 aromatic heterocycles. The van der Waals surface area contributed by atoms with Gasteiger partial charge in [-0.3, -0.25) is 0 Å². The largest absolute Gasteiger partial charge is 0.457 e. The first kappa shape index (κ1) is 24.2. The number of piperidine rings is 2. The minimum absolute atomic E-state index is 0.220. The summed E-state index contributed by atoms with van der Waals surface area (Å²) in [5.74, 6) is 0.553. The Morgan fingerprint density at radius 2 is 1.91 bits per heavy atom. The van der Waals surface area contributed by atoms with Gasteiger partial charge in [-0.25, -0.2) is 18.2 Å². The second kappa shape index (κ2) is 9.19. The van der Waals surface area contributed by atoms with Crippen LogP contribution >= 0.6 is 0 Å². The standard InChI is InChI=1S/C26H33N3O5S/c1-18-20(5-6-21-22(18)16-34-25(21)31)23(30)15-28-12-9-26(10-13-28)8-3-11-29(17-26)24-7-4-19(14-27-24)35(2,32)33/h4-7,14,23,30H,3,8-13,15-17H2,1-2H3. The third kappa shape index (κ3) is 4.81. The second-order valence-electron chi connectivity index (χ2n) is 10.3. The van der Waals surface area contributed by atoms with E-state index in [9.17, 15) is 18.3 Å². The number of β-amino-alcohol motifs (C(OH)–C–C–N with tert-alkyl or cyclic N) is 1. The van der Waals surface area contributed by atoms with Gasteiger partial charge in [0.25, 0.3) is 0 Å². The molecule has 8 nitrogen and oxygen atoms in total. The molecule has 35 heavy (non-hydrogen) atoms. The summed E-state index contributed by atoms with van der Waals surface area (Å²) in [6, 6.07) is 7.09. The van der Waals surface area contributed by atoms with E-state index in [1.807, 2.05) is 19.1 Å². The number of esters is 1. The number of pyridine rings is 1. The Kier molecular flexibility index (Phi) is 6.35. The van der Waals surface area contributed by atoms with Crippen molar-refractivity contribution in [1.29, 1.82) is 0 Å². The maximum Gasteiger partial charge on any atom is 0.338 e. The fourth-order valence-electron chi connectivity index (χ4n) is 5.87. The lowest BCUT2D eigenvalue weighted by Crippen LogP contribution is -2.50. The minimum atomic E-state index is -3.25. The van der Waals surface area contributed by atoms with Crippen LogP contribution in [0.3, 0.4) is 0 Å². The van der Waals surface area contributed by atoms with Crippen LogP contribution in [0.15, 0.2) is 35.4 Å². The van der Waals surface area contributed by atoms with Crippen LogP contribution in [0.25, 0.3) is 0 Å². The van der Waals surface area contributed by atoms with Gasteiger partial charge in [-0.05, 0) is 80.4 Å². The summed E-state index contributed by atoms with van der Waals surface area (Å²) >= 11 is 0. The van der Waals surface area contributed by atoms with Crippen LogP contribution in [0.5, 0.6) is 0 Å². The van der Waals surface area contributed by atoms with Crippen LogP contribution in [0, 0.1) is 12.3 Å². The summed E-state index contributed by atoms with van der Waals surface area (Å²) in [6.45, 7) is 6.52. The summed E-state index contributed by atoms with van der Waals surface area (Å²) in [4.78, 5) is 21.1. The molecule has 1 unspecified atom stereocenters. The summed E-state index contributed by atoms with van der Waals surface area (Å²) in [6.07, 6.45) is 6.44. The molecule has 1 atom stereocenters. The van der Waals surface area contributed by atoms with Gasteiger partial charge < -0.3 is 19.6 Å². The molecule has 2 fully saturated rings. The monoisotopic (exact) mass is 499 g/mol. The van der Waals surface area contributed by atoms with Crippen LogP contribution in [0.2, 0.25) is 0 Å². The van der Waals surface area contributed by atoms with E-state index in [-0.39, 0.29) is 22.9 Å². The molecule has 5 rings (SSSR count). The number of aliphatic hydroxyl groups excluding tert-OH is 1. The summed E-state index contributed by atoms with van der Waals surface area (Å²) < 4.78 is 28.6. The fourth-order valence-corrected chi connectivity index (χ4v) is 6.43. The van der Waals surface area contributed by atoms with E-state index in [1.165, 1.54) is 18.9 Å². The summed E-state index contributed by atoms with van der Waals surface area (Å²) in [5.41, 5.74) is 3.55. The number of likely N-dealkylation sites (tertiary alicyclic amines) is 1. The molecule has 0 radical (unpaired) electrons. The van der Waals surface area contributed by atoms with E-state index in [0.29, 0.717) is 12.1 Å². The highest BCUT2D eigenvalue weighted by Crippen LogP contribution is 2.41. The molecule has 4 heterocycles. The van der Waals surface area contributed by atoms with Crippen molar-refractivity contribution in [2.45, 2.75) is 50.2 Å². The number of hydrogen-bond donors (Lipinski definition) is 1. The maximum absolute atomic E-state index is 11.8. The maximum atomic E-state index is 11.8. The summed E-state index contributed by atoms with van der Waals surface area (Å²) in [7, 11) is -3.25. The third-order valence-electron chi connectivity index (χ3n) is 8.05. The quantitative estimate of drug-likeness (QED) is 0.627. The number of sulfone groups is 1. The number of anilines is 1. The Morgan fingerprint density at radius 3 is 2.60 bits per heavy atom. The predicted octanol–water partition coefficient (Wildman–Crippen LogP) is 2.88. The SMILES string of the molecule is Cc1c(C(O)CN2CCC3(CCCN(c4ccc(S(C)(=O)=O)cn4)C3)CC2)ccc2c1COC2=O. The molecule has 1 aromatic carbocycles. The van der Waals surface area contributed by atoms with Gasteiger partial charge in [0, 0.05) is 37.7 Å². The molecule has 0 saturated carbocycles. The smallest absolute Gasteiger partial charge is 0.338 e. The van der Waals surface area contributed by atoms with Crippen molar-refractivity contribution in [3.05, 3.63) is 52.7 Å². The molecule has 1 N–H and O–H groups in total. The van der Waals surface area contributed by atoms with Crippen molar-refractivity contribution >= 4 is 21.6 Å². The highest BCUT2D eigenvalue weighted by molar-refractivity contribution is 7.90. The number of ether oxygens (including phenoxy) is 1. The van der Waals surface area contributed by atoms with Crippen LogP contribution in [0.1, 0.15) is 58.8 Å². The number of carbonyl (C=O) groups is 1. The van der Waals surface area contributed by atoms with E-state index in [1.54, 1.807) is 12.1 Å².